The number of sulfonamides is 1. The van der Waals surface area contributed by atoms with Gasteiger partial charge in [0.15, 0.2) is 5.58 Å². The first-order valence-corrected chi connectivity index (χ1v) is 8.01. The molecule has 0 aliphatic rings. The normalized spacial score (nSPS) is 11.3. The van der Waals surface area contributed by atoms with Crippen molar-refractivity contribution in [3.8, 4) is 6.07 Å². The number of hydrogen-bond acceptors (Lipinski definition) is 5. The summed E-state index contributed by atoms with van der Waals surface area (Å²) in [6.45, 7) is 0. The van der Waals surface area contributed by atoms with Crippen LogP contribution in [-0.2, 0) is 17.1 Å². The van der Waals surface area contributed by atoms with Gasteiger partial charge in [-0.1, -0.05) is 6.07 Å². The van der Waals surface area contributed by atoms with Crippen LogP contribution in [0.15, 0.2) is 56.6 Å². The lowest BCUT2D eigenvalue weighted by molar-refractivity contribution is 0.527. The number of anilines is 1. The number of nitrogens with one attached hydrogen (secondary N) is 1. The largest absolute Gasteiger partial charge is 0.419 e. The highest BCUT2D eigenvalue weighted by Crippen LogP contribution is 2.21. The van der Waals surface area contributed by atoms with Crippen LogP contribution >= 0.6 is 0 Å². The second-order valence-corrected chi connectivity index (χ2v) is 6.54. The molecule has 23 heavy (non-hydrogen) atoms. The Kier molecular flexibility index (Phi) is 3.42. The molecule has 116 valence electrons. The summed E-state index contributed by atoms with van der Waals surface area (Å²) >= 11 is 0. The first-order valence-electron chi connectivity index (χ1n) is 6.53. The minimum atomic E-state index is -3.86. The Morgan fingerprint density at radius 2 is 2.00 bits per heavy atom. The van der Waals surface area contributed by atoms with Gasteiger partial charge in [0.05, 0.1) is 27.7 Å². The fourth-order valence-corrected chi connectivity index (χ4v) is 3.21. The zero-order valence-electron chi connectivity index (χ0n) is 12.0. The summed E-state index contributed by atoms with van der Waals surface area (Å²) in [6.07, 6.45) is 0. The van der Waals surface area contributed by atoms with Gasteiger partial charge in [0, 0.05) is 13.1 Å². The van der Waals surface area contributed by atoms with Gasteiger partial charge >= 0.3 is 5.76 Å². The second-order valence-electron chi connectivity index (χ2n) is 4.85. The number of rotatable bonds is 3. The number of aryl methyl sites for hydroxylation is 1. The summed E-state index contributed by atoms with van der Waals surface area (Å²) in [6, 6.07) is 12.2. The first-order chi connectivity index (χ1) is 10.9. The average molecular weight is 329 g/mol. The van der Waals surface area contributed by atoms with Crippen molar-refractivity contribution in [2.75, 3.05) is 4.72 Å². The van der Waals surface area contributed by atoms with E-state index in [9.17, 15) is 13.2 Å². The molecule has 0 spiro atoms. The van der Waals surface area contributed by atoms with E-state index in [0.29, 0.717) is 11.1 Å². The van der Waals surface area contributed by atoms with Gasteiger partial charge in [-0.25, -0.2) is 13.2 Å². The van der Waals surface area contributed by atoms with E-state index in [4.69, 9.17) is 9.68 Å². The summed E-state index contributed by atoms with van der Waals surface area (Å²) in [4.78, 5) is 11.4. The summed E-state index contributed by atoms with van der Waals surface area (Å²) in [5, 5.41) is 8.85. The average Bonchev–Trinajstić information content (AvgIpc) is 2.81. The van der Waals surface area contributed by atoms with Crippen molar-refractivity contribution in [2.24, 2.45) is 7.05 Å². The highest BCUT2D eigenvalue weighted by molar-refractivity contribution is 7.92. The number of benzene rings is 2. The molecule has 0 aliphatic heterocycles. The molecule has 2 aromatic carbocycles. The summed E-state index contributed by atoms with van der Waals surface area (Å²) < 4.78 is 33.5. The molecule has 0 fully saturated rings. The van der Waals surface area contributed by atoms with Crippen LogP contribution in [0.5, 0.6) is 0 Å². The van der Waals surface area contributed by atoms with E-state index in [0.717, 1.165) is 0 Å². The molecule has 0 amide bonds. The summed E-state index contributed by atoms with van der Waals surface area (Å²) in [7, 11) is -2.33. The lowest BCUT2D eigenvalue weighted by Gasteiger charge is -2.08. The van der Waals surface area contributed by atoms with Crippen molar-refractivity contribution in [1.29, 1.82) is 5.26 Å². The highest BCUT2D eigenvalue weighted by atomic mass is 32.2. The van der Waals surface area contributed by atoms with Gasteiger partial charge < -0.3 is 4.42 Å². The molecule has 0 bridgehead atoms. The van der Waals surface area contributed by atoms with Gasteiger partial charge in [-0.2, -0.15) is 5.26 Å². The Hall–Kier alpha value is -3.05. The molecule has 0 radical (unpaired) electrons. The molecule has 3 aromatic rings. The van der Waals surface area contributed by atoms with Crippen molar-refractivity contribution >= 4 is 26.8 Å². The number of nitriles is 1. The van der Waals surface area contributed by atoms with E-state index >= 15 is 0 Å². The van der Waals surface area contributed by atoms with Crippen LogP contribution in [0.25, 0.3) is 11.1 Å². The van der Waals surface area contributed by atoms with Crippen LogP contribution in [0.3, 0.4) is 0 Å². The summed E-state index contributed by atoms with van der Waals surface area (Å²) in [5.74, 6) is -0.566. The maximum Gasteiger partial charge on any atom is 0.419 e. The third-order valence-electron chi connectivity index (χ3n) is 3.32. The van der Waals surface area contributed by atoms with E-state index in [1.54, 1.807) is 18.2 Å². The van der Waals surface area contributed by atoms with E-state index in [2.05, 4.69) is 4.72 Å². The minimum Gasteiger partial charge on any atom is -0.408 e. The van der Waals surface area contributed by atoms with E-state index in [1.807, 2.05) is 6.07 Å². The number of fused-ring (bicyclic) bond motifs is 1. The van der Waals surface area contributed by atoms with Crippen molar-refractivity contribution in [3.05, 3.63) is 58.6 Å². The predicted molar refractivity (Wildman–Crippen MR) is 83.4 cm³/mol. The Morgan fingerprint density at radius 3 is 2.74 bits per heavy atom. The molecular weight excluding hydrogens is 318 g/mol. The lowest BCUT2D eigenvalue weighted by Crippen LogP contribution is -2.13. The molecule has 0 saturated carbocycles. The van der Waals surface area contributed by atoms with Gasteiger partial charge in [-0.3, -0.25) is 9.29 Å². The number of nitrogens with zero attached hydrogens (tertiary/aromatic N) is 2. The third-order valence-corrected chi connectivity index (χ3v) is 4.70. The zero-order valence-corrected chi connectivity index (χ0v) is 12.8. The molecule has 0 unspecified atom stereocenters. The van der Waals surface area contributed by atoms with Gasteiger partial charge in [0.25, 0.3) is 10.0 Å². The smallest absolute Gasteiger partial charge is 0.408 e. The van der Waals surface area contributed by atoms with Crippen molar-refractivity contribution in [1.82, 2.24) is 4.57 Å². The molecule has 8 heteroatoms. The van der Waals surface area contributed by atoms with Crippen LogP contribution < -0.4 is 10.5 Å². The van der Waals surface area contributed by atoms with E-state index in [-0.39, 0.29) is 16.2 Å². The van der Waals surface area contributed by atoms with Crippen molar-refractivity contribution in [3.63, 3.8) is 0 Å². The fourth-order valence-electron chi connectivity index (χ4n) is 2.15. The molecule has 1 heterocycles. The van der Waals surface area contributed by atoms with Gasteiger partial charge in [-0.05, 0) is 30.3 Å². The molecule has 7 nitrogen and oxygen atoms in total. The second kappa shape index (κ2) is 5.30. The van der Waals surface area contributed by atoms with Crippen LogP contribution in [0.4, 0.5) is 5.69 Å². The maximum atomic E-state index is 12.4. The molecule has 0 atom stereocenters. The van der Waals surface area contributed by atoms with Crippen LogP contribution in [0, 0.1) is 11.3 Å². The Morgan fingerprint density at radius 1 is 1.22 bits per heavy atom. The van der Waals surface area contributed by atoms with Gasteiger partial charge in [0.2, 0.25) is 0 Å². The van der Waals surface area contributed by atoms with Gasteiger partial charge in [0.1, 0.15) is 0 Å². The van der Waals surface area contributed by atoms with Gasteiger partial charge in [-0.15, -0.1) is 0 Å². The SMILES string of the molecule is Cn1c(=O)oc2cc(S(=O)(=O)Nc3cccc(C#N)c3)ccc21. The first kappa shape index (κ1) is 14.9. The maximum absolute atomic E-state index is 12.4. The molecule has 0 aliphatic carbocycles. The minimum absolute atomic E-state index is 0.0401. The number of hydrogen-bond donors (Lipinski definition) is 1. The molecular formula is C15H11N3O4S. The summed E-state index contributed by atoms with van der Waals surface area (Å²) in [5.41, 5.74) is 1.31. The zero-order chi connectivity index (χ0) is 16.6. The van der Waals surface area contributed by atoms with Crippen molar-refractivity contribution in [2.45, 2.75) is 4.90 Å². The quantitative estimate of drug-likeness (QED) is 0.789. The molecule has 1 aromatic heterocycles. The van der Waals surface area contributed by atoms with E-state index in [1.165, 1.54) is 35.9 Å². The highest BCUT2D eigenvalue weighted by Gasteiger charge is 2.17. The van der Waals surface area contributed by atoms with E-state index < -0.39 is 15.8 Å². The number of aromatic nitrogens is 1. The number of oxazole rings is 1. The Balaban J connectivity index is 2.02. The van der Waals surface area contributed by atoms with Crippen LogP contribution in [0.1, 0.15) is 5.56 Å². The molecule has 0 saturated heterocycles. The molecule has 1 N–H and O–H groups in total. The predicted octanol–water partition coefficient (Wildman–Crippen LogP) is 1.80. The topological polar surface area (TPSA) is 105 Å². The Bertz CT molecular complexity index is 1100. The van der Waals surface area contributed by atoms with Crippen LogP contribution in [0.2, 0.25) is 0 Å². The van der Waals surface area contributed by atoms with Crippen LogP contribution in [-0.4, -0.2) is 13.0 Å². The monoisotopic (exact) mass is 329 g/mol. The standard InChI is InChI=1S/C15H11N3O4S/c1-18-13-6-5-12(8-14(13)22-15(18)19)23(20,21)17-11-4-2-3-10(7-11)9-16/h2-8,17H,1H3. The fraction of sp³-hybridized carbons (Fsp3) is 0.0667. The Labute approximate surface area is 131 Å². The van der Waals surface area contributed by atoms with Crippen molar-refractivity contribution < 1.29 is 12.8 Å². The lowest BCUT2D eigenvalue weighted by atomic mass is 10.2. The molecule has 3 rings (SSSR count). The third kappa shape index (κ3) is 2.69.